The van der Waals surface area contributed by atoms with Crippen molar-refractivity contribution in [2.75, 3.05) is 7.11 Å². The first-order valence-corrected chi connectivity index (χ1v) is 2.60. The summed E-state index contributed by atoms with van der Waals surface area (Å²) >= 11 is 0. The van der Waals surface area contributed by atoms with Crippen LogP contribution < -0.4 is 68.9 Å². The van der Waals surface area contributed by atoms with Crippen LogP contribution in [0.5, 0.6) is 0 Å². The van der Waals surface area contributed by atoms with Crippen molar-refractivity contribution in [2.24, 2.45) is 0 Å². The molecular formula is CH15Na2O10P. The minimum atomic E-state index is -4.65. The van der Waals surface area contributed by atoms with E-state index in [9.17, 15) is 14.4 Å². The van der Waals surface area contributed by atoms with E-state index < -0.39 is 7.82 Å². The van der Waals surface area contributed by atoms with Crippen molar-refractivity contribution >= 4 is 7.82 Å². The van der Waals surface area contributed by atoms with Crippen LogP contribution >= 0.6 is 7.82 Å². The Bertz CT molecular complexity index is 82.2. The molecule has 0 fully saturated rings. The molecule has 0 aliphatic carbocycles. The van der Waals surface area contributed by atoms with Crippen molar-refractivity contribution < 1.29 is 111 Å². The molecule has 0 amide bonds. The van der Waals surface area contributed by atoms with Gasteiger partial charge in [-0.25, -0.2) is 0 Å². The summed E-state index contributed by atoms with van der Waals surface area (Å²) in [7, 11) is -3.83. The number of phosphoric ester groups is 1. The number of hydrogen-bond donors (Lipinski definition) is 0. The Morgan fingerprint density at radius 2 is 0.929 bits per heavy atom. The minimum absolute atomic E-state index is 0. The molecule has 0 aliphatic rings. The molecule has 13 heteroatoms. The maximum absolute atomic E-state index is 9.25. The molecule has 0 aliphatic heterocycles. The monoisotopic (exact) mass is 264 g/mol. The third-order valence-corrected chi connectivity index (χ3v) is 0.671. The molecule has 0 rings (SSSR count). The molecule has 0 radical (unpaired) electrons. The Labute approximate surface area is 125 Å². The summed E-state index contributed by atoms with van der Waals surface area (Å²) in [6.07, 6.45) is 0. The number of rotatable bonds is 1. The Kier molecular flexibility index (Phi) is 193. The Hall–Kier alpha value is 1.87. The summed E-state index contributed by atoms with van der Waals surface area (Å²) in [5, 5.41) is 0. The largest absolute Gasteiger partial charge is 1.00 e. The summed E-state index contributed by atoms with van der Waals surface area (Å²) < 4.78 is 12.6. The quantitative estimate of drug-likeness (QED) is 0.329. The van der Waals surface area contributed by atoms with Gasteiger partial charge in [-0.05, 0) is 0 Å². The van der Waals surface area contributed by atoms with Gasteiger partial charge in [-0.3, -0.25) is 0 Å². The van der Waals surface area contributed by atoms with E-state index in [1.807, 2.05) is 0 Å². The first kappa shape index (κ1) is 74.4. The van der Waals surface area contributed by atoms with Gasteiger partial charge in [-0.2, -0.15) is 0 Å². The first-order valence-electron chi connectivity index (χ1n) is 1.14. The molecule has 0 atom stereocenters. The molecule has 0 unspecified atom stereocenters. The van der Waals surface area contributed by atoms with Crippen molar-refractivity contribution in [3.05, 3.63) is 0 Å². The average Bonchev–Trinajstić information content (AvgIpc) is 1.35. The Morgan fingerprint density at radius 3 is 0.929 bits per heavy atom. The normalized spacial score (nSPS) is 5.07. The second kappa shape index (κ2) is 36.4. The van der Waals surface area contributed by atoms with Crippen LogP contribution in [0.25, 0.3) is 0 Å². The Morgan fingerprint density at radius 1 is 0.857 bits per heavy atom. The van der Waals surface area contributed by atoms with Crippen LogP contribution in [-0.2, 0) is 9.09 Å². The smallest absolute Gasteiger partial charge is 0.790 e. The van der Waals surface area contributed by atoms with Crippen molar-refractivity contribution in [2.45, 2.75) is 0 Å². The number of hydrogen-bond acceptors (Lipinski definition) is 4. The number of phosphoric acid groups is 1. The van der Waals surface area contributed by atoms with Crippen LogP contribution in [0.4, 0.5) is 0 Å². The van der Waals surface area contributed by atoms with Crippen molar-refractivity contribution in [3.63, 3.8) is 0 Å². The first-order chi connectivity index (χ1) is 2.56. The summed E-state index contributed by atoms with van der Waals surface area (Å²) in [4.78, 5) is 18.5. The molecule has 14 heavy (non-hydrogen) atoms. The second-order valence-corrected chi connectivity index (χ2v) is 1.89. The maximum atomic E-state index is 9.25. The summed E-state index contributed by atoms with van der Waals surface area (Å²) in [5.41, 5.74) is 0. The standard InChI is InChI=1S/CH5O4P.2Na.6H2O/c1-5-6(2,3)4;;;;;;;;/h1H3,(H2,2,3,4);;;6*1H2/q;2*+1;;;;;;/p-2. The average molecular weight is 264 g/mol. The van der Waals surface area contributed by atoms with Gasteiger partial charge in [0.15, 0.2) is 0 Å². The second-order valence-electron chi connectivity index (χ2n) is 0.630. The van der Waals surface area contributed by atoms with Crippen LogP contribution in [0.2, 0.25) is 0 Å². The van der Waals surface area contributed by atoms with Gasteiger partial charge in [0.05, 0.1) is 7.82 Å². The maximum Gasteiger partial charge on any atom is 1.00 e. The van der Waals surface area contributed by atoms with Crippen LogP contribution in [0.3, 0.4) is 0 Å². The van der Waals surface area contributed by atoms with Crippen LogP contribution in [-0.4, -0.2) is 40.0 Å². The van der Waals surface area contributed by atoms with Crippen LogP contribution in [0.1, 0.15) is 0 Å². The molecule has 10 nitrogen and oxygen atoms in total. The SMILES string of the molecule is COP(=O)([O-])[O-].O.O.O.O.O.O.[Na+].[Na+]. The fourth-order valence-electron chi connectivity index (χ4n) is 0. The van der Waals surface area contributed by atoms with Gasteiger partial charge in [-0.1, -0.05) is 0 Å². The molecule has 0 aromatic carbocycles. The summed E-state index contributed by atoms with van der Waals surface area (Å²) in [5.74, 6) is 0. The van der Waals surface area contributed by atoms with E-state index in [1.165, 1.54) is 0 Å². The zero-order chi connectivity index (χ0) is 5.21. The van der Waals surface area contributed by atoms with E-state index in [2.05, 4.69) is 4.52 Å². The van der Waals surface area contributed by atoms with Crippen LogP contribution in [0.15, 0.2) is 0 Å². The van der Waals surface area contributed by atoms with E-state index >= 15 is 0 Å². The predicted molar refractivity (Wildman–Crippen MR) is 36.3 cm³/mol. The molecule has 0 aromatic heterocycles. The molecule has 86 valence electrons. The predicted octanol–water partition coefficient (Wildman–Crippen LogP) is -12.5. The van der Waals surface area contributed by atoms with Crippen molar-refractivity contribution in [3.8, 4) is 0 Å². The van der Waals surface area contributed by atoms with Gasteiger partial charge in [0.1, 0.15) is 0 Å². The molecule has 0 aromatic rings. The molecular weight excluding hydrogens is 249 g/mol. The molecule has 12 N–H and O–H groups in total. The fraction of sp³-hybridized carbons (Fsp3) is 1.00. The zero-order valence-electron chi connectivity index (χ0n) is 8.08. The van der Waals surface area contributed by atoms with E-state index in [0.717, 1.165) is 7.11 Å². The van der Waals surface area contributed by atoms with Crippen molar-refractivity contribution in [1.29, 1.82) is 0 Å². The molecule has 0 saturated carbocycles. The van der Waals surface area contributed by atoms with Gasteiger partial charge in [0, 0.05) is 7.11 Å². The van der Waals surface area contributed by atoms with E-state index in [1.54, 1.807) is 0 Å². The van der Waals surface area contributed by atoms with Gasteiger partial charge < -0.3 is 51.7 Å². The summed E-state index contributed by atoms with van der Waals surface area (Å²) in [6.45, 7) is 0. The van der Waals surface area contributed by atoms with Gasteiger partial charge in [-0.15, -0.1) is 0 Å². The topological polar surface area (TPSA) is 261 Å². The van der Waals surface area contributed by atoms with E-state index in [-0.39, 0.29) is 92.0 Å². The third-order valence-electron chi connectivity index (χ3n) is 0.224. The molecule has 0 bridgehead atoms. The van der Waals surface area contributed by atoms with Gasteiger partial charge in [0.25, 0.3) is 0 Å². The zero-order valence-corrected chi connectivity index (χ0v) is 13.0. The van der Waals surface area contributed by atoms with Crippen LogP contribution in [0, 0.1) is 0 Å². The van der Waals surface area contributed by atoms with Crippen molar-refractivity contribution in [1.82, 2.24) is 0 Å². The van der Waals surface area contributed by atoms with E-state index in [0.29, 0.717) is 0 Å². The Balaban J connectivity index is -0.00000000446. The molecule has 0 spiro atoms. The van der Waals surface area contributed by atoms with E-state index in [4.69, 9.17) is 0 Å². The fourth-order valence-corrected chi connectivity index (χ4v) is 0. The summed E-state index contributed by atoms with van der Waals surface area (Å²) in [6, 6.07) is 0. The minimum Gasteiger partial charge on any atom is -0.790 e. The van der Waals surface area contributed by atoms with Gasteiger partial charge in [0.2, 0.25) is 0 Å². The molecule has 0 heterocycles. The van der Waals surface area contributed by atoms with Gasteiger partial charge >= 0.3 is 59.1 Å². The molecule has 0 saturated heterocycles. The third kappa shape index (κ3) is 96.9.